The number of benzene rings is 2. The number of aromatic nitrogens is 2. The van der Waals surface area contributed by atoms with Crippen molar-refractivity contribution in [1.29, 1.82) is 0 Å². The minimum Gasteiger partial charge on any atom is -0.497 e. The molecular formula is C29H31Cl2N5O4. The molecule has 2 fully saturated rings. The van der Waals surface area contributed by atoms with Crippen LogP contribution in [0.15, 0.2) is 48.5 Å². The van der Waals surface area contributed by atoms with Crippen LogP contribution in [-0.4, -0.2) is 85.3 Å². The zero-order valence-electron chi connectivity index (χ0n) is 22.5. The third-order valence-corrected chi connectivity index (χ3v) is 7.79. The van der Waals surface area contributed by atoms with Gasteiger partial charge >= 0.3 is 0 Å². The molecule has 1 saturated carbocycles. The van der Waals surface area contributed by atoms with Crippen LogP contribution in [0.1, 0.15) is 23.2 Å². The van der Waals surface area contributed by atoms with Gasteiger partial charge in [0.15, 0.2) is 5.82 Å². The predicted octanol–water partition coefficient (Wildman–Crippen LogP) is 4.67. The monoisotopic (exact) mass is 583 g/mol. The molecule has 1 aliphatic heterocycles. The highest BCUT2D eigenvalue weighted by molar-refractivity contribution is 6.36. The lowest BCUT2D eigenvalue weighted by Gasteiger charge is -2.36. The van der Waals surface area contributed by atoms with E-state index in [0.717, 1.165) is 24.2 Å². The van der Waals surface area contributed by atoms with Gasteiger partial charge in [-0.1, -0.05) is 23.2 Å². The smallest absolute Gasteiger partial charge is 0.255 e. The van der Waals surface area contributed by atoms with Crippen LogP contribution in [0.2, 0.25) is 10.0 Å². The van der Waals surface area contributed by atoms with Gasteiger partial charge in [-0.05, 0) is 61.2 Å². The van der Waals surface area contributed by atoms with Gasteiger partial charge in [0.2, 0.25) is 5.91 Å². The first-order valence-electron chi connectivity index (χ1n) is 13.2. The first-order valence-corrected chi connectivity index (χ1v) is 13.9. The van der Waals surface area contributed by atoms with Crippen molar-refractivity contribution in [3.05, 3.63) is 64.1 Å². The predicted molar refractivity (Wildman–Crippen MR) is 154 cm³/mol. The van der Waals surface area contributed by atoms with Crippen LogP contribution in [0.4, 0.5) is 5.82 Å². The number of halogens is 2. The van der Waals surface area contributed by atoms with Crippen LogP contribution < -0.4 is 14.4 Å². The number of rotatable bonds is 9. The Morgan fingerprint density at radius 1 is 0.950 bits per heavy atom. The highest BCUT2D eigenvalue weighted by atomic mass is 35.5. The fraction of sp³-hybridized carbons (Fsp3) is 0.379. The number of anilines is 1. The first-order chi connectivity index (χ1) is 19.4. The average Bonchev–Trinajstić information content (AvgIpc) is 3.80. The number of hydrogen-bond donors (Lipinski definition) is 0. The van der Waals surface area contributed by atoms with E-state index < -0.39 is 0 Å². The number of ether oxygens (including phenoxy) is 2. The average molecular weight is 585 g/mol. The fourth-order valence-electron chi connectivity index (χ4n) is 4.76. The Bertz CT molecular complexity index is 1380. The summed E-state index contributed by atoms with van der Waals surface area (Å²) < 4.78 is 10.8. The molecule has 0 spiro atoms. The number of piperazine rings is 1. The van der Waals surface area contributed by atoms with Crippen molar-refractivity contribution in [1.82, 2.24) is 20.0 Å². The van der Waals surface area contributed by atoms with Crippen LogP contribution >= 0.6 is 23.2 Å². The van der Waals surface area contributed by atoms with Crippen LogP contribution in [0.25, 0.3) is 11.3 Å². The minimum atomic E-state index is -0.246. The van der Waals surface area contributed by atoms with E-state index in [1.54, 1.807) is 42.2 Å². The molecular weight excluding hydrogens is 553 g/mol. The molecule has 1 aromatic heterocycles. The van der Waals surface area contributed by atoms with Crippen LogP contribution in [-0.2, 0) is 4.79 Å². The molecule has 11 heteroatoms. The zero-order valence-corrected chi connectivity index (χ0v) is 24.0. The molecule has 1 aliphatic carbocycles. The summed E-state index contributed by atoms with van der Waals surface area (Å²) in [5.74, 6) is 2.20. The number of hydrogen-bond acceptors (Lipinski definition) is 7. The molecule has 2 amide bonds. The van der Waals surface area contributed by atoms with Crippen LogP contribution in [0.3, 0.4) is 0 Å². The second-order valence-electron chi connectivity index (χ2n) is 9.96. The van der Waals surface area contributed by atoms with E-state index in [-0.39, 0.29) is 23.4 Å². The molecule has 2 heterocycles. The van der Waals surface area contributed by atoms with E-state index in [0.29, 0.717) is 66.4 Å². The maximum Gasteiger partial charge on any atom is 0.255 e. The Morgan fingerprint density at radius 3 is 2.35 bits per heavy atom. The third-order valence-electron chi connectivity index (χ3n) is 7.24. The Morgan fingerprint density at radius 2 is 1.73 bits per heavy atom. The van der Waals surface area contributed by atoms with E-state index in [4.69, 9.17) is 32.7 Å². The summed E-state index contributed by atoms with van der Waals surface area (Å²) in [6.07, 6.45) is 2.13. The van der Waals surface area contributed by atoms with Crippen molar-refractivity contribution in [3.63, 3.8) is 0 Å². The van der Waals surface area contributed by atoms with E-state index in [2.05, 4.69) is 15.1 Å². The van der Waals surface area contributed by atoms with Gasteiger partial charge < -0.3 is 24.2 Å². The summed E-state index contributed by atoms with van der Waals surface area (Å²) in [5.41, 5.74) is 1.87. The largest absolute Gasteiger partial charge is 0.497 e. The number of carbonyl (C=O) groups excluding carboxylic acids is 2. The van der Waals surface area contributed by atoms with E-state index in [1.807, 2.05) is 30.3 Å². The van der Waals surface area contributed by atoms with Crippen molar-refractivity contribution in [2.45, 2.75) is 12.8 Å². The lowest BCUT2D eigenvalue weighted by molar-refractivity contribution is -0.132. The van der Waals surface area contributed by atoms with Gasteiger partial charge in [0.1, 0.15) is 18.0 Å². The van der Waals surface area contributed by atoms with E-state index >= 15 is 0 Å². The summed E-state index contributed by atoms with van der Waals surface area (Å²) in [5, 5.41) is 9.61. The molecule has 0 bridgehead atoms. The Kier molecular flexibility index (Phi) is 8.61. The fourth-order valence-corrected chi connectivity index (χ4v) is 5.25. The van der Waals surface area contributed by atoms with Gasteiger partial charge in [0, 0.05) is 49.4 Å². The standard InChI is InChI=1S/C29H31Cl2N5O4/c1-39-21-6-8-23(26(16-21)40-2)25-9-10-27(33-32-25)34-11-13-35(14-12-34)28(37)18-36(17-19-3-4-19)29(38)22-7-5-20(30)15-24(22)31/h5-10,15-16,19H,3-4,11-14,17-18H2,1-2H3. The van der Waals surface area contributed by atoms with Crippen LogP contribution in [0.5, 0.6) is 11.5 Å². The minimum absolute atomic E-state index is 0.0203. The summed E-state index contributed by atoms with van der Waals surface area (Å²) in [6.45, 7) is 2.86. The second kappa shape index (κ2) is 12.3. The van der Waals surface area contributed by atoms with Crippen molar-refractivity contribution in [2.24, 2.45) is 5.92 Å². The molecule has 9 nitrogen and oxygen atoms in total. The highest BCUT2D eigenvalue weighted by Gasteiger charge is 2.31. The molecule has 0 radical (unpaired) electrons. The lowest BCUT2D eigenvalue weighted by Crippen LogP contribution is -2.52. The van der Waals surface area contributed by atoms with Crippen molar-refractivity contribution in [3.8, 4) is 22.8 Å². The third kappa shape index (κ3) is 6.42. The summed E-state index contributed by atoms with van der Waals surface area (Å²) in [4.78, 5) is 32.1. The molecule has 3 aromatic rings. The topological polar surface area (TPSA) is 88.1 Å². The van der Waals surface area contributed by atoms with Gasteiger partial charge in [0.25, 0.3) is 5.91 Å². The first kappa shape index (κ1) is 28.0. The number of carbonyl (C=O) groups is 2. The van der Waals surface area contributed by atoms with Gasteiger partial charge in [-0.2, -0.15) is 0 Å². The van der Waals surface area contributed by atoms with Crippen molar-refractivity contribution in [2.75, 3.05) is 58.4 Å². The molecule has 2 aromatic carbocycles. The van der Waals surface area contributed by atoms with Gasteiger partial charge in [-0.3, -0.25) is 9.59 Å². The zero-order chi connectivity index (χ0) is 28.2. The maximum absolute atomic E-state index is 13.3. The molecule has 0 unspecified atom stereocenters. The quantitative estimate of drug-likeness (QED) is 0.361. The van der Waals surface area contributed by atoms with E-state index in [1.165, 1.54) is 0 Å². The molecule has 210 valence electrons. The Labute approximate surface area is 243 Å². The molecule has 1 saturated heterocycles. The summed E-state index contributed by atoms with van der Waals surface area (Å²) in [7, 11) is 3.21. The Hall–Kier alpha value is -3.56. The number of amides is 2. The molecule has 0 atom stereocenters. The summed E-state index contributed by atoms with van der Waals surface area (Å²) >= 11 is 12.3. The van der Waals surface area contributed by atoms with Gasteiger partial charge in [-0.15, -0.1) is 10.2 Å². The van der Waals surface area contributed by atoms with E-state index in [9.17, 15) is 9.59 Å². The van der Waals surface area contributed by atoms with Crippen molar-refractivity contribution < 1.29 is 19.1 Å². The second-order valence-corrected chi connectivity index (χ2v) is 10.8. The maximum atomic E-state index is 13.3. The number of nitrogens with zero attached hydrogens (tertiary/aromatic N) is 5. The van der Waals surface area contributed by atoms with Gasteiger partial charge in [-0.25, -0.2) is 0 Å². The van der Waals surface area contributed by atoms with Crippen molar-refractivity contribution >= 4 is 40.8 Å². The Balaban J connectivity index is 1.20. The number of methoxy groups -OCH3 is 2. The summed E-state index contributed by atoms with van der Waals surface area (Å²) in [6, 6.07) is 14.2. The van der Waals surface area contributed by atoms with Gasteiger partial charge in [0.05, 0.1) is 30.5 Å². The molecule has 40 heavy (non-hydrogen) atoms. The molecule has 0 N–H and O–H groups in total. The molecule has 5 rings (SSSR count). The SMILES string of the molecule is COc1ccc(-c2ccc(N3CCN(C(=O)CN(CC4CC4)C(=O)c4ccc(Cl)cc4Cl)CC3)nn2)c(OC)c1. The molecule has 2 aliphatic rings. The lowest BCUT2D eigenvalue weighted by atomic mass is 10.1. The highest BCUT2D eigenvalue weighted by Crippen LogP contribution is 2.33. The van der Waals surface area contributed by atoms with Crippen LogP contribution in [0, 0.1) is 5.92 Å². The normalized spacial score (nSPS) is 15.1.